The number of hydrogen-bond acceptors (Lipinski definition) is 6. The average molecular weight is 289 g/mol. The molecule has 9 heteroatoms. The number of nitrogen functional groups attached to an aromatic ring is 2. The molecule has 0 bridgehead atoms. The van der Waals surface area contributed by atoms with Crippen LogP contribution < -0.4 is 16.8 Å². The number of nitrogens with one attached hydrogen (secondary N) is 1. The molecule has 1 aromatic rings. The second-order valence-corrected chi connectivity index (χ2v) is 5.07. The third kappa shape index (κ3) is 1.62. The summed E-state index contributed by atoms with van der Waals surface area (Å²) in [7, 11) is 0. The zero-order valence-corrected chi connectivity index (χ0v) is 10.5. The van der Waals surface area contributed by atoms with Gasteiger partial charge < -0.3 is 21.5 Å². The van der Waals surface area contributed by atoms with Crippen LogP contribution in [0.15, 0.2) is 0 Å². The van der Waals surface area contributed by atoms with E-state index >= 15 is 0 Å². The molecule has 0 aliphatic carbocycles. The maximum atomic E-state index is 13.8. The van der Waals surface area contributed by atoms with Crippen LogP contribution in [0.4, 0.5) is 30.8 Å². The third-order valence-corrected chi connectivity index (χ3v) is 4.07. The Balaban J connectivity index is 2.20. The van der Waals surface area contributed by atoms with Crippen LogP contribution in [-0.2, 0) is 10.2 Å². The molecule has 2 atom stereocenters. The number of rotatable bonds is 1. The molecule has 110 valence electrons. The molecule has 3 rings (SSSR count). The minimum Gasteiger partial charge on any atom is -0.383 e. The molecule has 1 aromatic heterocycles. The van der Waals surface area contributed by atoms with Crippen molar-refractivity contribution in [1.82, 2.24) is 9.97 Å². The van der Waals surface area contributed by atoms with Crippen LogP contribution in [-0.4, -0.2) is 35.9 Å². The van der Waals surface area contributed by atoms with Gasteiger partial charge in [0.2, 0.25) is 5.95 Å². The number of ether oxygens (including phenoxy) is 1. The monoisotopic (exact) mass is 289 g/mol. The molecule has 0 spiro atoms. The number of anilines is 3. The zero-order valence-electron chi connectivity index (χ0n) is 10.5. The predicted octanol–water partition coefficient (Wildman–Crippen LogP) is 0.903. The predicted molar refractivity (Wildman–Crippen MR) is 66.0 cm³/mol. The number of fused-ring (bicyclic) bond motifs is 1. The Hall–Kier alpha value is -1.77. The Morgan fingerprint density at radius 3 is 2.65 bits per heavy atom. The second kappa shape index (κ2) is 4.11. The highest BCUT2D eigenvalue weighted by Crippen LogP contribution is 2.55. The third-order valence-electron chi connectivity index (χ3n) is 4.07. The second-order valence-electron chi connectivity index (χ2n) is 5.07. The average Bonchev–Trinajstić information content (AvgIpc) is 2.92. The van der Waals surface area contributed by atoms with Crippen LogP contribution in [0.25, 0.3) is 0 Å². The van der Waals surface area contributed by atoms with Crippen LogP contribution in [0.3, 0.4) is 0 Å². The highest BCUT2D eigenvalue weighted by atomic mass is 19.4. The molecule has 0 saturated carbocycles. The maximum absolute atomic E-state index is 13.8. The van der Waals surface area contributed by atoms with E-state index in [1.807, 2.05) is 0 Å². The van der Waals surface area contributed by atoms with Gasteiger partial charge in [0.05, 0.1) is 12.2 Å². The van der Waals surface area contributed by atoms with E-state index in [0.717, 1.165) is 0 Å². The van der Waals surface area contributed by atoms with Crippen LogP contribution in [0.2, 0.25) is 0 Å². The van der Waals surface area contributed by atoms with Gasteiger partial charge in [-0.1, -0.05) is 0 Å². The first-order chi connectivity index (χ1) is 9.36. The van der Waals surface area contributed by atoms with Gasteiger partial charge in [-0.25, -0.2) is 0 Å². The summed E-state index contributed by atoms with van der Waals surface area (Å²) in [5.41, 5.74) is 8.92. The Kier molecular flexibility index (Phi) is 2.72. The van der Waals surface area contributed by atoms with E-state index in [1.54, 1.807) is 0 Å². The summed E-state index contributed by atoms with van der Waals surface area (Å²) in [6.45, 7) is 0.0419. The Bertz CT molecular complexity index is 544. The molecule has 20 heavy (non-hydrogen) atoms. The lowest BCUT2D eigenvalue weighted by atomic mass is 9.70. The fourth-order valence-corrected chi connectivity index (χ4v) is 3.12. The molecule has 1 saturated heterocycles. The van der Waals surface area contributed by atoms with Crippen molar-refractivity contribution in [1.29, 1.82) is 0 Å². The standard InChI is InChI=1S/C11H14F3N5O/c12-11(13,14)10(5-1-2-20-3-5)4-17-8-6(10)7(15)18-9(16)19-8/h5H,1-4H2,(H5,15,16,17,18,19). The summed E-state index contributed by atoms with van der Waals surface area (Å²) in [5.74, 6) is -0.999. The van der Waals surface area contributed by atoms with E-state index < -0.39 is 17.5 Å². The number of nitrogens with zero attached hydrogens (tertiary/aromatic N) is 2. The van der Waals surface area contributed by atoms with E-state index in [1.165, 1.54) is 0 Å². The quantitative estimate of drug-likeness (QED) is 0.710. The van der Waals surface area contributed by atoms with E-state index in [-0.39, 0.29) is 36.3 Å². The first-order valence-corrected chi connectivity index (χ1v) is 6.18. The van der Waals surface area contributed by atoms with E-state index in [9.17, 15) is 13.2 Å². The summed E-state index contributed by atoms with van der Waals surface area (Å²) in [6, 6.07) is 0. The minimum atomic E-state index is -4.47. The van der Waals surface area contributed by atoms with Crippen molar-refractivity contribution in [2.24, 2.45) is 5.92 Å². The molecule has 1 fully saturated rings. The molecule has 2 unspecified atom stereocenters. The van der Waals surface area contributed by atoms with Crippen molar-refractivity contribution in [2.75, 3.05) is 36.5 Å². The highest BCUT2D eigenvalue weighted by molar-refractivity contribution is 5.67. The Labute approximate surface area is 112 Å². The Morgan fingerprint density at radius 2 is 2.05 bits per heavy atom. The number of nitrogens with two attached hydrogens (primary N) is 2. The van der Waals surface area contributed by atoms with E-state index in [2.05, 4.69) is 15.3 Å². The molecule has 3 heterocycles. The van der Waals surface area contributed by atoms with Crippen LogP contribution in [0, 0.1) is 5.92 Å². The summed E-state index contributed by atoms with van der Waals surface area (Å²) >= 11 is 0. The highest BCUT2D eigenvalue weighted by Gasteiger charge is 2.65. The van der Waals surface area contributed by atoms with E-state index in [0.29, 0.717) is 13.0 Å². The van der Waals surface area contributed by atoms with Gasteiger partial charge in [0.15, 0.2) is 0 Å². The van der Waals surface area contributed by atoms with Gasteiger partial charge in [-0.3, -0.25) is 0 Å². The lowest BCUT2D eigenvalue weighted by Gasteiger charge is -2.36. The molecule has 2 aliphatic rings. The van der Waals surface area contributed by atoms with Gasteiger partial charge in [-0.05, 0) is 6.42 Å². The fourth-order valence-electron chi connectivity index (χ4n) is 3.12. The summed E-state index contributed by atoms with van der Waals surface area (Å²) in [6.07, 6.45) is -4.15. The molecule has 2 aliphatic heterocycles. The summed E-state index contributed by atoms with van der Waals surface area (Å²) in [5, 5.41) is 2.67. The van der Waals surface area contributed by atoms with Crippen molar-refractivity contribution in [3.63, 3.8) is 0 Å². The molecule has 0 amide bonds. The number of alkyl halides is 3. The largest absolute Gasteiger partial charge is 0.400 e. The number of hydrogen-bond donors (Lipinski definition) is 3. The normalized spacial score (nSPS) is 29.2. The number of halogens is 3. The van der Waals surface area contributed by atoms with Gasteiger partial charge in [0.1, 0.15) is 17.1 Å². The summed E-state index contributed by atoms with van der Waals surface area (Å²) < 4.78 is 46.5. The van der Waals surface area contributed by atoms with Crippen molar-refractivity contribution in [2.45, 2.75) is 18.0 Å². The van der Waals surface area contributed by atoms with Gasteiger partial charge >= 0.3 is 6.18 Å². The van der Waals surface area contributed by atoms with Gasteiger partial charge in [0.25, 0.3) is 0 Å². The van der Waals surface area contributed by atoms with Gasteiger partial charge in [-0.15, -0.1) is 0 Å². The topological polar surface area (TPSA) is 99.1 Å². The SMILES string of the molecule is Nc1nc(N)c2c(n1)NCC2(C1CCOC1)C(F)(F)F. The van der Waals surface area contributed by atoms with E-state index in [4.69, 9.17) is 16.2 Å². The maximum Gasteiger partial charge on any atom is 0.400 e. The summed E-state index contributed by atoms with van der Waals surface area (Å²) in [4.78, 5) is 7.52. The van der Waals surface area contributed by atoms with Gasteiger partial charge in [0, 0.05) is 19.1 Å². The van der Waals surface area contributed by atoms with Crippen molar-refractivity contribution in [3.05, 3.63) is 5.56 Å². The van der Waals surface area contributed by atoms with Crippen molar-refractivity contribution < 1.29 is 17.9 Å². The fraction of sp³-hybridized carbons (Fsp3) is 0.636. The first kappa shape index (κ1) is 13.2. The molecular weight excluding hydrogens is 275 g/mol. The molecule has 0 aromatic carbocycles. The zero-order chi connectivity index (χ0) is 14.5. The minimum absolute atomic E-state index is 0.0461. The molecule has 0 radical (unpaired) electrons. The molecular formula is C11H14F3N5O. The van der Waals surface area contributed by atoms with Crippen LogP contribution in [0.1, 0.15) is 12.0 Å². The Morgan fingerprint density at radius 1 is 1.30 bits per heavy atom. The van der Waals surface area contributed by atoms with Crippen molar-refractivity contribution in [3.8, 4) is 0 Å². The lowest BCUT2D eigenvalue weighted by molar-refractivity contribution is -0.200. The van der Waals surface area contributed by atoms with Crippen LogP contribution in [0.5, 0.6) is 0 Å². The van der Waals surface area contributed by atoms with Gasteiger partial charge in [-0.2, -0.15) is 23.1 Å². The lowest BCUT2D eigenvalue weighted by Crippen LogP contribution is -2.51. The molecule has 5 N–H and O–H groups in total. The van der Waals surface area contributed by atoms with Crippen LogP contribution >= 0.6 is 0 Å². The first-order valence-electron chi connectivity index (χ1n) is 6.18. The van der Waals surface area contributed by atoms with Crippen molar-refractivity contribution >= 4 is 17.6 Å². The smallest absolute Gasteiger partial charge is 0.383 e. The molecule has 6 nitrogen and oxygen atoms in total. The number of aromatic nitrogens is 2.